The van der Waals surface area contributed by atoms with Crippen molar-refractivity contribution in [1.29, 1.82) is 0 Å². The third kappa shape index (κ3) is 4.73. The van der Waals surface area contributed by atoms with Gasteiger partial charge in [0.2, 0.25) is 5.91 Å². The Balaban J connectivity index is 0.000000178. The molecule has 0 bridgehead atoms. The highest BCUT2D eigenvalue weighted by Gasteiger charge is 2.17. The number of carbonyl (C=O) groups is 1. The lowest BCUT2D eigenvalue weighted by Crippen LogP contribution is -2.04. The van der Waals surface area contributed by atoms with Gasteiger partial charge in [0, 0.05) is 24.8 Å². The monoisotopic (exact) mass is 659 g/mol. The Morgan fingerprint density at radius 2 is 1.30 bits per heavy atom. The van der Waals surface area contributed by atoms with E-state index >= 15 is 0 Å². The van der Waals surface area contributed by atoms with Crippen LogP contribution < -0.4 is 0 Å². The molecule has 1 aromatic heterocycles. The summed E-state index contributed by atoms with van der Waals surface area (Å²) in [6, 6.07) is 29.6. The predicted octanol–water partition coefficient (Wildman–Crippen LogP) is 9.19. The van der Waals surface area contributed by atoms with Gasteiger partial charge in [-0.2, -0.15) is 0 Å². The largest absolute Gasteiger partial charge is 0.280 e. The van der Waals surface area contributed by atoms with Crippen LogP contribution in [-0.2, 0) is 6.42 Å². The average molecular weight is 659 g/mol. The number of hydrogen-bond donors (Lipinski definition) is 0. The second-order valence-corrected chi connectivity index (χ2v) is 10.2. The van der Waals surface area contributed by atoms with E-state index < -0.39 is 0 Å². The SMILES string of the molecule is C.C.CC(=O)n1c2ccccc2c2cc(I)ccc21.Ic1ccc2c(c1)-c1ccccc1C2. The number of nitrogens with zero attached hydrogens (tertiary/aromatic N) is 1. The fraction of sp³-hybridized carbons (Fsp3) is 0.138. The normalized spacial score (nSPS) is 11.0. The summed E-state index contributed by atoms with van der Waals surface area (Å²) in [4.78, 5) is 11.8. The molecule has 168 valence electrons. The van der Waals surface area contributed by atoms with Crippen molar-refractivity contribution in [3.63, 3.8) is 0 Å². The zero-order valence-corrected chi connectivity index (χ0v) is 21.2. The van der Waals surface area contributed by atoms with Gasteiger partial charge in [-0.25, -0.2) is 0 Å². The number of hydrogen-bond acceptors (Lipinski definition) is 1. The van der Waals surface area contributed by atoms with Crippen LogP contribution in [0, 0.1) is 7.14 Å². The maximum atomic E-state index is 11.8. The van der Waals surface area contributed by atoms with E-state index in [9.17, 15) is 4.79 Å². The summed E-state index contributed by atoms with van der Waals surface area (Å²) in [6.07, 6.45) is 1.10. The molecular formula is C29H27I2NO. The molecule has 1 heterocycles. The van der Waals surface area contributed by atoms with Gasteiger partial charge in [0.25, 0.3) is 0 Å². The van der Waals surface area contributed by atoms with Gasteiger partial charge in [-0.1, -0.05) is 63.4 Å². The topological polar surface area (TPSA) is 22.0 Å². The quantitative estimate of drug-likeness (QED) is 0.149. The van der Waals surface area contributed by atoms with Crippen molar-refractivity contribution in [3.8, 4) is 11.1 Å². The Morgan fingerprint density at radius 3 is 2.09 bits per heavy atom. The molecule has 5 aromatic rings. The number of benzene rings is 4. The lowest BCUT2D eigenvalue weighted by Gasteiger charge is -2.00. The zero-order chi connectivity index (χ0) is 21.5. The van der Waals surface area contributed by atoms with Gasteiger partial charge in [0.15, 0.2) is 0 Å². The van der Waals surface area contributed by atoms with Crippen LogP contribution in [0.5, 0.6) is 0 Å². The molecule has 1 aliphatic carbocycles. The molecule has 6 rings (SSSR count). The molecule has 0 saturated carbocycles. The minimum Gasteiger partial charge on any atom is -0.280 e. The minimum atomic E-state index is 0. The molecule has 0 atom stereocenters. The summed E-state index contributed by atoms with van der Waals surface area (Å²) in [5.41, 5.74) is 7.74. The minimum absolute atomic E-state index is 0. The van der Waals surface area contributed by atoms with Crippen molar-refractivity contribution in [2.24, 2.45) is 0 Å². The van der Waals surface area contributed by atoms with Crippen molar-refractivity contribution < 1.29 is 4.79 Å². The maximum Gasteiger partial charge on any atom is 0.228 e. The molecule has 0 fully saturated rings. The number of para-hydroxylation sites is 1. The van der Waals surface area contributed by atoms with Crippen molar-refractivity contribution >= 4 is 72.9 Å². The highest BCUT2D eigenvalue weighted by molar-refractivity contribution is 14.1. The van der Waals surface area contributed by atoms with Crippen LogP contribution in [-0.4, -0.2) is 10.5 Å². The Labute approximate surface area is 223 Å². The first-order valence-electron chi connectivity index (χ1n) is 10.1. The van der Waals surface area contributed by atoms with Gasteiger partial charge in [-0.05, 0) is 110 Å². The van der Waals surface area contributed by atoms with Crippen molar-refractivity contribution in [3.05, 3.63) is 103 Å². The van der Waals surface area contributed by atoms with E-state index in [4.69, 9.17) is 0 Å². The third-order valence-electron chi connectivity index (χ3n) is 5.71. The van der Waals surface area contributed by atoms with E-state index in [1.54, 1.807) is 11.5 Å². The second-order valence-electron chi connectivity index (χ2n) is 7.67. The summed E-state index contributed by atoms with van der Waals surface area (Å²) in [7, 11) is 0. The molecule has 0 spiro atoms. The number of rotatable bonds is 0. The fourth-order valence-corrected chi connectivity index (χ4v) is 5.36. The first kappa shape index (κ1) is 25.4. The van der Waals surface area contributed by atoms with Crippen LogP contribution in [0.25, 0.3) is 32.9 Å². The van der Waals surface area contributed by atoms with Crippen LogP contribution in [0.15, 0.2) is 84.9 Å². The van der Waals surface area contributed by atoms with E-state index in [1.807, 2.05) is 30.3 Å². The summed E-state index contributed by atoms with van der Waals surface area (Å²) >= 11 is 4.67. The molecular weight excluding hydrogens is 632 g/mol. The van der Waals surface area contributed by atoms with Crippen LogP contribution in [0.1, 0.15) is 37.7 Å². The Morgan fingerprint density at radius 1 is 0.697 bits per heavy atom. The van der Waals surface area contributed by atoms with E-state index in [0.29, 0.717) is 0 Å². The highest BCUT2D eigenvalue weighted by Crippen LogP contribution is 2.37. The molecule has 0 N–H and O–H groups in total. The molecule has 1 aliphatic rings. The van der Waals surface area contributed by atoms with Gasteiger partial charge >= 0.3 is 0 Å². The molecule has 0 unspecified atom stereocenters. The lowest BCUT2D eigenvalue weighted by atomic mass is 10.1. The molecule has 4 aromatic carbocycles. The number of aromatic nitrogens is 1. The third-order valence-corrected chi connectivity index (χ3v) is 7.05. The Bertz CT molecular complexity index is 1470. The first-order valence-corrected chi connectivity index (χ1v) is 12.2. The van der Waals surface area contributed by atoms with E-state index in [2.05, 4.69) is 99.8 Å². The fourth-order valence-electron chi connectivity index (χ4n) is 4.38. The van der Waals surface area contributed by atoms with Gasteiger partial charge in [-0.3, -0.25) is 9.36 Å². The first-order chi connectivity index (χ1) is 15.0. The molecule has 0 amide bonds. The van der Waals surface area contributed by atoms with Crippen molar-refractivity contribution in [1.82, 2.24) is 4.57 Å². The standard InChI is InChI=1S/C14H10INO.C13H9I.2CH4/c1-9(17)16-13-5-3-2-4-11(13)12-8-10(15)6-7-14(12)16;14-11-6-5-10-7-9-3-1-2-4-12(9)13(10)8-11;;/h2-8H,1H3;1-6,8H,7H2;2*1H4. The molecule has 0 saturated heterocycles. The van der Waals surface area contributed by atoms with Gasteiger partial charge < -0.3 is 0 Å². The molecule has 0 radical (unpaired) electrons. The van der Waals surface area contributed by atoms with Crippen LogP contribution in [0.2, 0.25) is 0 Å². The van der Waals surface area contributed by atoms with Crippen LogP contribution in [0.3, 0.4) is 0 Å². The van der Waals surface area contributed by atoms with E-state index in [0.717, 1.165) is 28.2 Å². The molecule has 2 nitrogen and oxygen atoms in total. The maximum absolute atomic E-state index is 11.8. The predicted molar refractivity (Wildman–Crippen MR) is 159 cm³/mol. The Kier molecular flexibility index (Phi) is 8.00. The zero-order valence-electron chi connectivity index (χ0n) is 16.9. The van der Waals surface area contributed by atoms with E-state index in [1.165, 1.54) is 29.4 Å². The van der Waals surface area contributed by atoms with E-state index in [-0.39, 0.29) is 20.8 Å². The highest BCUT2D eigenvalue weighted by atomic mass is 127. The summed E-state index contributed by atoms with van der Waals surface area (Å²) in [5.74, 6) is 0.0532. The van der Waals surface area contributed by atoms with Crippen LogP contribution >= 0.6 is 45.2 Å². The lowest BCUT2D eigenvalue weighted by molar-refractivity contribution is 0.0946. The number of halogens is 2. The average Bonchev–Trinajstić information content (AvgIpc) is 3.29. The van der Waals surface area contributed by atoms with Gasteiger partial charge in [0.05, 0.1) is 11.0 Å². The smallest absolute Gasteiger partial charge is 0.228 e. The van der Waals surface area contributed by atoms with Gasteiger partial charge in [0.1, 0.15) is 0 Å². The van der Waals surface area contributed by atoms with Crippen LogP contribution in [0.4, 0.5) is 0 Å². The summed E-state index contributed by atoms with van der Waals surface area (Å²) in [5, 5.41) is 2.28. The molecule has 0 aliphatic heterocycles. The summed E-state index contributed by atoms with van der Waals surface area (Å²) < 4.78 is 4.28. The second kappa shape index (κ2) is 10.4. The molecule has 33 heavy (non-hydrogen) atoms. The Hall–Kier alpha value is -2.19. The summed E-state index contributed by atoms with van der Waals surface area (Å²) in [6.45, 7) is 1.60. The number of carbonyl (C=O) groups excluding carboxylic acids is 1. The van der Waals surface area contributed by atoms with Crippen molar-refractivity contribution in [2.75, 3.05) is 0 Å². The number of fused-ring (bicyclic) bond motifs is 6. The van der Waals surface area contributed by atoms with Gasteiger partial charge in [-0.15, -0.1) is 0 Å². The molecule has 4 heteroatoms. The van der Waals surface area contributed by atoms with Crippen molar-refractivity contribution in [2.45, 2.75) is 28.2 Å².